The van der Waals surface area contributed by atoms with Crippen LogP contribution in [0.2, 0.25) is 0 Å². The van der Waals surface area contributed by atoms with Gasteiger partial charge < -0.3 is 20.5 Å². The third kappa shape index (κ3) is 4.09. The smallest absolute Gasteiger partial charge is 0.224 e. The van der Waals surface area contributed by atoms with Crippen molar-refractivity contribution in [2.24, 2.45) is 0 Å². The second-order valence-corrected chi connectivity index (χ2v) is 6.94. The van der Waals surface area contributed by atoms with Crippen molar-refractivity contribution in [2.45, 2.75) is 50.1 Å². The zero-order valence-corrected chi connectivity index (χ0v) is 16.2. The van der Waals surface area contributed by atoms with Crippen molar-refractivity contribution >= 4 is 28.7 Å². The van der Waals surface area contributed by atoms with E-state index in [1.807, 2.05) is 5.32 Å². The van der Waals surface area contributed by atoms with E-state index in [4.69, 9.17) is 18.4 Å². The average Bonchev–Trinajstić information content (AvgIpc) is 3.52. The molecule has 170 valence electrons. The van der Waals surface area contributed by atoms with Gasteiger partial charge in [-0.1, -0.05) is 0 Å². The van der Waals surface area contributed by atoms with Gasteiger partial charge in [-0.15, -0.1) is 0 Å². The van der Waals surface area contributed by atoms with E-state index in [-0.39, 0.29) is 30.3 Å². The lowest BCUT2D eigenvalue weighted by Crippen LogP contribution is -2.29. The second kappa shape index (κ2) is 8.55. The molecule has 3 heterocycles. The van der Waals surface area contributed by atoms with E-state index in [1.54, 1.807) is 0 Å². The second-order valence-electron chi connectivity index (χ2n) is 6.94. The number of nitrogens with zero attached hydrogens (tertiary/aromatic N) is 4. The molecule has 1 saturated carbocycles. The molecule has 1 aliphatic carbocycles. The summed E-state index contributed by atoms with van der Waals surface area (Å²) in [5.41, 5.74) is -0.825. The maximum Gasteiger partial charge on any atom is 0.224 e. The van der Waals surface area contributed by atoms with Crippen LogP contribution < -0.4 is 10.6 Å². The zero-order valence-electron chi connectivity index (χ0n) is 26.2. The highest BCUT2D eigenvalue weighted by Crippen LogP contribution is 2.32. The van der Waals surface area contributed by atoms with Gasteiger partial charge in [0.2, 0.25) is 11.9 Å². The summed E-state index contributed by atoms with van der Waals surface area (Å²) in [6, 6.07) is -3.20. The Hall–Kier alpha value is -2.92. The third-order valence-electron chi connectivity index (χ3n) is 4.80. The first kappa shape index (κ1) is 12.4. The van der Waals surface area contributed by atoms with Crippen molar-refractivity contribution in [3.63, 3.8) is 0 Å². The molecule has 32 heavy (non-hydrogen) atoms. The molecule has 5 rings (SSSR count). The normalized spacial score (nSPS) is 39.1. The molecule has 11 heteroatoms. The van der Waals surface area contributed by atoms with Crippen LogP contribution in [0.1, 0.15) is 51.7 Å². The summed E-state index contributed by atoms with van der Waals surface area (Å²) >= 11 is 0. The molecule has 1 saturated heterocycles. The van der Waals surface area contributed by atoms with Gasteiger partial charge in [-0.2, -0.15) is 4.98 Å². The van der Waals surface area contributed by atoms with Gasteiger partial charge in [-0.3, -0.25) is 4.57 Å². The molecule has 1 atom stereocenters. The molecule has 2 aromatic heterocycles. The van der Waals surface area contributed by atoms with E-state index < -0.39 is 72.7 Å². The van der Waals surface area contributed by atoms with E-state index >= 15 is 0 Å². The summed E-state index contributed by atoms with van der Waals surface area (Å²) < 4.78 is 131. The van der Waals surface area contributed by atoms with Crippen molar-refractivity contribution in [3.05, 3.63) is 35.8 Å². The molecule has 2 aliphatic rings. The number of hydrogen-bond donors (Lipinski definition) is 3. The minimum absolute atomic E-state index is 0.00207. The Kier molecular flexibility index (Phi) is 3.30. The van der Waals surface area contributed by atoms with Crippen LogP contribution in [0.5, 0.6) is 0 Å². The molecule has 0 amide bonds. The number of imidazole rings is 1. The molecule has 0 spiro atoms. The number of benzene rings is 1. The molecule has 3 N–H and O–H groups in total. The Morgan fingerprint density at radius 2 is 1.91 bits per heavy atom. The van der Waals surface area contributed by atoms with Crippen LogP contribution >= 0.6 is 0 Å². The number of rotatable bonds is 5. The third-order valence-corrected chi connectivity index (χ3v) is 4.80. The summed E-state index contributed by atoms with van der Waals surface area (Å²) in [6.45, 7) is 0.382. The topological polar surface area (TPSA) is 97.1 Å². The number of aromatic nitrogens is 4. The molecule has 1 unspecified atom stereocenters. The molecule has 1 aromatic carbocycles. The lowest BCUT2D eigenvalue weighted by molar-refractivity contribution is 0.126. The monoisotopic (exact) mass is 458 g/mol. The van der Waals surface area contributed by atoms with Crippen LogP contribution in [0.25, 0.3) is 11.2 Å². The minimum atomic E-state index is -3.96. The highest BCUT2D eigenvalue weighted by molar-refractivity contribution is 5.76. The predicted molar refractivity (Wildman–Crippen MR) is 111 cm³/mol. The number of aliphatic hydroxyl groups is 1. The number of anilines is 3. The molecule has 0 bridgehead atoms. The lowest BCUT2D eigenvalue weighted by atomic mass is 9.93. The van der Waals surface area contributed by atoms with Crippen molar-refractivity contribution in [1.29, 1.82) is 0 Å². The summed E-state index contributed by atoms with van der Waals surface area (Å²) in [7, 11) is 0. The van der Waals surface area contributed by atoms with E-state index in [1.165, 1.54) is 4.57 Å². The predicted octanol–water partition coefficient (Wildman–Crippen LogP) is 3.66. The standard InChI is InChI=1S/C21H23F3N6O2/c22-11-7-15(23)18(16(24)8-11)28-21-27-17-9-25-20(26-12-1-3-14(31)4-2-12)29-19(17)30(21)13-5-6-32-10-13/h7-9,12-14,31H,1-6,10H2,(H,27,28)(H,25,26,29)/i1D2,2D2,3D2,4D2,12D,14D. The highest BCUT2D eigenvalue weighted by Gasteiger charge is 2.27. The molecule has 8 nitrogen and oxygen atoms in total. The zero-order chi connectivity index (χ0) is 31.3. The summed E-state index contributed by atoms with van der Waals surface area (Å²) in [4.78, 5) is 12.3. The molecule has 2 fully saturated rings. The minimum Gasteiger partial charge on any atom is -0.393 e. The van der Waals surface area contributed by atoms with Gasteiger partial charge in [0, 0.05) is 35.7 Å². The Morgan fingerprint density at radius 3 is 2.59 bits per heavy atom. The van der Waals surface area contributed by atoms with Gasteiger partial charge >= 0.3 is 0 Å². The quantitative estimate of drug-likeness (QED) is 0.537. The number of nitrogens with one attached hydrogen (secondary N) is 2. The Morgan fingerprint density at radius 1 is 1.16 bits per heavy atom. The number of halogens is 3. The van der Waals surface area contributed by atoms with Gasteiger partial charge in [0.15, 0.2) is 17.3 Å². The number of hydrogen-bond acceptors (Lipinski definition) is 7. The van der Waals surface area contributed by atoms with Crippen molar-refractivity contribution in [1.82, 2.24) is 19.5 Å². The highest BCUT2D eigenvalue weighted by atomic mass is 19.1. The molecular formula is C21H23F3N6O2. The van der Waals surface area contributed by atoms with Gasteiger partial charge in [-0.05, 0) is 31.9 Å². The average molecular weight is 459 g/mol. The van der Waals surface area contributed by atoms with Crippen LogP contribution in [0, 0.1) is 17.5 Å². The van der Waals surface area contributed by atoms with E-state index in [0.29, 0.717) is 18.6 Å². The maximum absolute atomic E-state index is 14.4. The summed E-state index contributed by atoms with van der Waals surface area (Å²) in [5.74, 6) is -4.57. The first-order chi connectivity index (χ1) is 19.2. The fourth-order valence-electron chi connectivity index (χ4n) is 3.36. The van der Waals surface area contributed by atoms with Gasteiger partial charge in [0.05, 0.1) is 27.7 Å². The van der Waals surface area contributed by atoms with E-state index in [0.717, 1.165) is 6.20 Å². The molecule has 1 aliphatic heterocycles. The Labute approximate surface area is 195 Å². The van der Waals surface area contributed by atoms with Gasteiger partial charge in [-0.25, -0.2) is 23.1 Å². The van der Waals surface area contributed by atoms with Crippen LogP contribution in [0.15, 0.2) is 18.3 Å². The number of ether oxygens (including phenoxy) is 1. The Balaban J connectivity index is 1.64. The van der Waals surface area contributed by atoms with Crippen molar-refractivity contribution < 1.29 is 36.7 Å². The fraction of sp³-hybridized carbons (Fsp3) is 0.476. The van der Waals surface area contributed by atoms with Gasteiger partial charge in [0.25, 0.3) is 0 Å². The fourth-order valence-corrected chi connectivity index (χ4v) is 3.36. The maximum atomic E-state index is 14.4. The summed E-state index contributed by atoms with van der Waals surface area (Å²) in [6.07, 6.45) is -17.8. The summed E-state index contributed by atoms with van der Waals surface area (Å²) in [5, 5.41) is 14.9. The van der Waals surface area contributed by atoms with Crippen LogP contribution in [-0.2, 0) is 4.74 Å². The van der Waals surface area contributed by atoms with Gasteiger partial charge in [0.1, 0.15) is 17.0 Å². The first-order valence-electron chi connectivity index (χ1n) is 14.5. The first-order valence-corrected chi connectivity index (χ1v) is 9.46. The lowest BCUT2D eigenvalue weighted by Gasteiger charge is -2.26. The molecule has 0 radical (unpaired) electrons. The molecule has 3 aromatic rings. The number of fused-ring (bicyclic) bond motifs is 1. The van der Waals surface area contributed by atoms with E-state index in [2.05, 4.69) is 20.3 Å². The van der Waals surface area contributed by atoms with Crippen LogP contribution in [0.3, 0.4) is 0 Å². The molecular weight excluding hydrogens is 425 g/mol. The van der Waals surface area contributed by atoms with Crippen LogP contribution in [-0.4, -0.2) is 49.9 Å². The SMILES string of the molecule is [2H]C1([2H])C([2H])([2H])C([2H])(Nc2ncc3nc(Nc4c(F)cc(F)cc4F)n(C4CCOC4)c3n2)C([2H])([2H])C([2H])([2H])C1([2H])O. The van der Waals surface area contributed by atoms with Crippen molar-refractivity contribution in [3.8, 4) is 0 Å². The largest absolute Gasteiger partial charge is 0.393 e. The van der Waals surface area contributed by atoms with Crippen LogP contribution in [0.4, 0.5) is 30.8 Å². The van der Waals surface area contributed by atoms with E-state index in [9.17, 15) is 18.3 Å². The van der Waals surface area contributed by atoms with Crippen molar-refractivity contribution in [2.75, 3.05) is 23.8 Å². The Bertz CT molecular complexity index is 1510.